The topological polar surface area (TPSA) is 43.1 Å². The number of benzene rings is 1. The average Bonchev–Trinajstić information content (AvgIpc) is 2.93. The third-order valence-corrected chi connectivity index (χ3v) is 2.86. The van der Waals surface area contributed by atoms with E-state index in [1.807, 2.05) is 0 Å². The number of alkyl halides is 3. The van der Waals surface area contributed by atoms with Gasteiger partial charge in [0.2, 0.25) is 6.04 Å². The molecule has 0 heterocycles. The molecule has 3 atom stereocenters. The van der Waals surface area contributed by atoms with Crippen LogP contribution in [-0.4, -0.2) is 17.1 Å². The second kappa shape index (κ2) is 3.68. The molecule has 0 N–H and O–H groups in total. The van der Waals surface area contributed by atoms with Crippen LogP contribution in [0.2, 0.25) is 0 Å². The Hall–Kier alpha value is -1.66. The lowest BCUT2D eigenvalue weighted by Crippen LogP contribution is -2.17. The van der Waals surface area contributed by atoms with Gasteiger partial charge >= 0.3 is 6.18 Å². The molecule has 1 aromatic carbocycles. The Labute approximate surface area is 93.2 Å². The van der Waals surface area contributed by atoms with E-state index in [9.17, 15) is 27.7 Å². The standard InChI is InChI=1S/C10H7F4NO2/c11-6-3-1-5(2-4-6)7-8(10(12,13)14)9(7)15(16)17/h1-4,7-9H/t7-,8+,9+/m0/s1. The summed E-state index contributed by atoms with van der Waals surface area (Å²) in [5.41, 5.74) is 0.149. The highest BCUT2D eigenvalue weighted by atomic mass is 19.4. The van der Waals surface area contributed by atoms with Crippen LogP contribution in [0.1, 0.15) is 11.5 Å². The zero-order valence-corrected chi connectivity index (χ0v) is 8.32. The minimum atomic E-state index is -4.60. The third kappa shape index (κ3) is 2.09. The van der Waals surface area contributed by atoms with E-state index in [0.717, 1.165) is 24.3 Å². The molecule has 0 unspecified atom stereocenters. The Morgan fingerprint density at radius 1 is 1.18 bits per heavy atom. The van der Waals surface area contributed by atoms with E-state index >= 15 is 0 Å². The number of halogens is 4. The number of hydrogen-bond donors (Lipinski definition) is 0. The van der Waals surface area contributed by atoms with Crippen molar-refractivity contribution in [2.24, 2.45) is 5.92 Å². The molecule has 0 bridgehead atoms. The molecule has 1 aliphatic carbocycles. The van der Waals surface area contributed by atoms with Gasteiger partial charge in [-0.1, -0.05) is 12.1 Å². The average molecular weight is 249 g/mol. The van der Waals surface area contributed by atoms with Gasteiger partial charge in [-0.15, -0.1) is 0 Å². The molecule has 1 aliphatic rings. The molecule has 0 aromatic heterocycles. The van der Waals surface area contributed by atoms with Gasteiger partial charge in [0, 0.05) is 4.92 Å². The molecule has 0 saturated heterocycles. The van der Waals surface area contributed by atoms with Crippen molar-refractivity contribution in [2.75, 3.05) is 0 Å². The molecular weight excluding hydrogens is 242 g/mol. The molecule has 0 spiro atoms. The van der Waals surface area contributed by atoms with Gasteiger partial charge in [0.25, 0.3) is 0 Å². The van der Waals surface area contributed by atoms with Crippen molar-refractivity contribution < 1.29 is 22.5 Å². The number of nitrogens with zero attached hydrogens (tertiary/aromatic N) is 1. The molecule has 1 saturated carbocycles. The van der Waals surface area contributed by atoms with Gasteiger partial charge in [-0.2, -0.15) is 13.2 Å². The summed E-state index contributed by atoms with van der Waals surface area (Å²) < 4.78 is 50.1. The first-order valence-corrected chi connectivity index (χ1v) is 4.78. The molecule has 0 radical (unpaired) electrons. The van der Waals surface area contributed by atoms with Crippen LogP contribution in [0.4, 0.5) is 17.6 Å². The molecular formula is C10H7F4NO2. The monoisotopic (exact) mass is 249 g/mol. The lowest BCUT2D eigenvalue weighted by molar-refractivity contribution is -0.503. The summed E-state index contributed by atoms with van der Waals surface area (Å²) >= 11 is 0. The van der Waals surface area contributed by atoms with Crippen molar-refractivity contribution in [3.05, 3.63) is 45.8 Å². The zero-order chi connectivity index (χ0) is 12.8. The van der Waals surface area contributed by atoms with Crippen LogP contribution in [0.5, 0.6) is 0 Å². The second-order valence-corrected chi connectivity index (χ2v) is 3.92. The number of nitro groups is 1. The zero-order valence-electron chi connectivity index (χ0n) is 8.32. The first-order chi connectivity index (χ1) is 7.82. The van der Waals surface area contributed by atoms with Crippen molar-refractivity contribution in [1.29, 1.82) is 0 Å². The van der Waals surface area contributed by atoms with Crippen molar-refractivity contribution in [1.82, 2.24) is 0 Å². The van der Waals surface area contributed by atoms with Gasteiger partial charge in [0.05, 0.1) is 5.92 Å². The first kappa shape index (κ1) is 11.8. The third-order valence-electron chi connectivity index (χ3n) is 2.86. The lowest BCUT2D eigenvalue weighted by atomic mass is 10.1. The Kier molecular flexibility index (Phi) is 2.56. The van der Waals surface area contributed by atoms with Crippen molar-refractivity contribution in [3.63, 3.8) is 0 Å². The minimum Gasteiger partial charge on any atom is -0.264 e. The fourth-order valence-corrected chi connectivity index (χ4v) is 2.04. The summed E-state index contributed by atoms with van der Waals surface area (Å²) in [5, 5.41) is 10.5. The maximum absolute atomic E-state index is 12.6. The highest BCUT2D eigenvalue weighted by Gasteiger charge is 2.72. The van der Waals surface area contributed by atoms with Crippen LogP contribution in [0.3, 0.4) is 0 Å². The Bertz CT molecular complexity index is 443. The van der Waals surface area contributed by atoms with Crippen molar-refractivity contribution in [2.45, 2.75) is 18.1 Å². The Balaban J connectivity index is 2.27. The minimum absolute atomic E-state index is 0.149. The van der Waals surface area contributed by atoms with Crippen molar-refractivity contribution >= 4 is 0 Å². The van der Waals surface area contributed by atoms with Gasteiger partial charge in [0.1, 0.15) is 11.7 Å². The smallest absolute Gasteiger partial charge is 0.264 e. The van der Waals surface area contributed by atoms with Crippen LogP contribution in [0.15, 0.2) is 24.3 Å². The highest BCUT2D eigenvalue weighted by molar-refractivity contribution is 5.30. The summed E-state index contributed by atoms with van der Waals surface area (Å²) in [6.07, 6.45) is -4.60. The van der Waals surface area contributed by atoms with Crippen molar-refractivity contribution in [3.8, 4) is 0 Å². The van der Waals surface area contributed by atoms with Crippen LogP contribution in [0, 0.1) is 21.8 Å². The predicted molar refractivity (Wildman–Crippen MR) is 49.5 cm³/mol. The fraction of sp³-hybridized carbons (Fsp3) is 0.400. The number of rotatable bonds is 2. The van der Waals surface area contributed by atoms with Gasteiger partial charge in [-0.05, 0) is 17.7 Å². The maximum atomic E-state index is 12.6. The molecule has 1 aromatic rings. The summed E-state index contributed by atoms with van der Waals surface area (Å²) in [6.45, 7) is 0. The van der Waals surface area contributed by atoms with Crippen LogP contribution in [-0.2, 0) is 0 Å². The van der Waals surface area contributed by atoms with E-state index in [2.05, 4.69) is 0 Å². The molecule has 7 heteroatoms. The molecule has 0 aliphatic heterocycles. The van der Waals surface area contributed by atoms with Crippen LogP contribution in [0.25, 0.3) is 0 Å². The van der Waals surface area contributed by atoms with Crippen LogP contribution < -0.4 is 0 Å². The molecule has 1 fully saturated rings. The van der Waals surface area contributed by atoms with Crippen LogP contribution >= 0.6 is 0 Å². The molecule has 2 rings (SSSR count). The fourth-order valence-electron chi connectivity index (χ4n) is 2.04. The van der Waals surface area contributed by atoms with E-state index in [0.29, 0.717) is 0 Å². The summed E-state index contributed by atoms with van der Waals surface area (Å²) in [7, 11) is 0. The molecule has 17 heavy (non-hydrogen) atoms. The normalized spacial score (nSPS) is 27.9. The SMILES string of the molecule is O=[N+]([O-])[C@@H]1[C@@H](c2ccc(F)cc2)[C@H]1C(F)(F)F. The largest absolute Gasteiger partial charge is 0.399 e. The molecule has 0 amide bonds. The van der Waals surface area contributed by atoms with E-state index in [1.54, 1.807) is 0 Å². The maximum Gasteiger partial charge on any atom is 0.399 e. The van der Waals surface area contributed by atoms with E-state index in [4.69, 9.17) is 0 Å². The predicted octanol–water partition coefficient (Wildman–Crippen LogP) is 2.75. The van der Waals surface area contributed by atoms with E-state index < -0.39 is 34.8 Å². The van der Waals surface area contributed by atoms with Gasteiger partial charge < -0.3 is 0 Å². The Morgan fingerprint density at radius 3 is 2.06 bits per heavy atom. The van der Waals surface area contributed by atoms with E-state index in [-0.39, 0.29) is 5.56 Å². The summed E-state index contributed by atoms with van der Waals surface area (Å²) in [6, 6.07) is 2.65. The lowest BCUT2D eigenvalue weighted by Gasteiger charge is -2.02. The highest BCUT2D eigenvalue weighted by Crippen LogP contribution is 2.57. The molecule has 92 valence electrons. The quantitative estimate of drug-likeness (QED) is 0.459. The number of hydrogen-bond acceptors (Lipinski definition) is 2. The van der Waals surface area contributed by atoms with Gasteiger partial charge in [-0.25, -0.2) is 4.39 Å². The second-order valence-electron chi connectivity index (χ2n) is 3.92. The first-order valence-electron chi connectivity index (χ1n) is 4.78. The van der Waals surface area contributed by atoms with Gasteiger partial charge in [-0.3, -0.25) is 10.1 Å². The summed E-state index contributed by atoms with van der Waals surface area (Å²) in [4.78, 5) is 9.58. The summed E-state index contributed by atoms with van der Waals surface area (Å²) in [5.74, 6) is -3.76. The Morgan fingerprint density at radius 2 is 1.71 bits per heavy atom. The van der Waals surface area contributed by atoms with E-state index in [1.165, 1.54) is 0 Å². The molecule has 3 nitrogen and oxygen atoms in total. The van der Waals surface area contributed by atoms with Gasteiger partial charge in [0.15, 0.2) is 0 Å².